The van der Waals surface area contributed by atoms with Crippen molar-refractivity contribution in [1.82, 2.24) is 0 Å². The maximum atomic E-state index is 9.01. The highest BCUT2D eigenvalue weighted by Gasteiger charge is 2.59. The molecule has 0 heterocycles. The lowest BCUT2D eigenvalue weighted by Gasteiger charge is -2.58. The summed E-state index contributed by atoms with van der Waals surface area (Å²) in [7, 11) is 0. The first-order chi connectivity index (χ1) is 25.2. The van der Waals surface area contributed by atoms with Gasteiger partial charge in [-0.25, -0.2) is 0 Å². The molecular formula is C49H71NO2. The summed E-state index contributed by atoms with van der Waals surface area (Å²) in [6.45, 7) is 14.5. The topological polar surface area (TPSA) is 42.2 Å². The first-order valence-corrected chi connectivity index (χ1v) is 21.8. The number of nitriles is 1. The molecule has 8 atom stereocenters. The largest absolute Gasteiger partial charge is 0.494 e. The zero-order valence-corrected chi connectivity index (χ0v) is 33.6. The summed E-state index contributed by atoms with van der Waals surface area (Å²) in [5.74, 6) is 6.40. The average molecular weight is 706 g/mol. The number of allylic oxidation sites excluding steroid dienone is 1. The minimum Gasteiger partial charge on any atom is -0.494 e. The molecule has 6 rings (SSSR count). The Morgan fingerprint density at radius 3 is 2.10 bits per heavy atom. The minimum atomic E-state index is 0.424. The number of hydrogen-bond acceptors (Lipinski definition) is 3. The van der Waals surface area contributed by atoms with Crippen molar-refractivity contribution in [2.75, 3.05) is 13.2 Å². The lowest BCUT2D eigenvalue weighted by Crippen LogP contribution is -2.51. The maximum absolute atomic E-state index is 9.01. The van der Waals surface area contributed by atoms with E-state index >= 15 is 0 Å². The van der Waals surface area contributed by atoms with E-state index in [0.29, 0.717) is 22.5 Å². The fraction of sp³-hybridized carbons (Fsp3) is 0.694. The molecule has 284 valence electrons. The molecule has 0 radical (unpaired) electrons. The van der Waals surface area contributed by atoms with Gasteiger partial charge in [0.2, 0.25) is 0 Å². The molecule has 0 saturated heterocycles. The van der Waals surface area contributed by atoms with Crippen LogP contribution < -0.4 is 4.74 Å². The highest BCUT2D eigenvalue weighted by Crippen LogP contribution is 2.67. The fourth-order valence-corrected chi connectivity index (χ4v) is 11.8. The highest BCUT2D eigenvalue weighted by molar-refractivity contribution is 5.64. The van der Waals surface area contributed by atoms with Crippen LogP contribution in [0, 0.1) is 57.7 Å². The van der Waals surface area contributed by atoms with Crippen LogP contribution in [0.5, 0.6) is 5.75 Å². The Hall–Kier alpha value is -2.57. The summed E-state index contributed by atoms with van der Waals surface area (Å²) >= 11 is 0. The number of rotatable bonds is 18. The number of unbranched alkanes of at least 4 members (excludes halogenated alkanes) is 6. The highest BCUT2D eigenvalue weighted by atomic mass is 16.5. The molecular weight excluding hydrogens is 635 g/mol. The predicted molar refractivity (Wildman–Crippen MR) is 217 cm³/mol. The number of nitrogens with zero attached hydrogens (tertiary/aromatic N) is 1. The number of ether oxygens (including phenoxy) is 2. The van der Waals surface area contributed by atoms with Crippen LogP contribution >= 0.6 is 0 Å². The molecule has 0 spiro atoms. The molecule has 4 aliphatic carbocycles. The summed E-state index contributed by atoms with van der Waals surface area (Å²) in [5.41, 5.74) is 5.73. The molecule has 0 aliphatic heterocycles. The van der Waals surface area contributed by atoms with Crippen LogP contribution in [-0.4, -0.2) is 19.3 Å². The van der Waals surface area contributed by atoms with E-state index in [9.17, 15) is 0 Å². The van der Waals surface area contributed by atoms with Crippen LogP contribution in [-0.2, 0) is 4.74 Å². The molecule has 0 aromatic heterocycles. The molecule has 3 nitrogen and oxygen atoms in total. The Morgan fingerprint density at radius 2 is 1.40 bits per heavy atom. The molecule has 0 amide bonds. The average Bonchev–Trinajstić information content (AvgIpc) is 3.51. The van der Waals surface area contributed by atoms with E-state index in [-0.39, 0.29) is 0 Å². The Labute approximate surface area is 318 Å². The van der Waals surface area contributed by atoms with E-state index < -0.39 is 0 Å². The van der Waals surface area contributed by atoms with Crippen LogP contribution in [0.2, 0.25) is 0 Å². The third-order valence-corrected chi connectivity index (χ3v) is 14.9. The van der Waals surface area contributed by atoms with Gasteiger partial charge in [-0.1, -0.05) is 122 Å². The van der Waals surface area contributed by atoms with Crippen molar-refractivity contribution in [3.05, 3.63) is 65.7 Å². The van der Waals surface area contributed by atoms with Crippen molar-refractivity contribution in [2.24, 2.45) is 46.3 Å². The van der Waals surface area contributed by atoms with Crippen LogP contribution in [0.25, 0.3) is 11.1 Å². The normalized spacial score (nSPS) is 30.2. The van der Waals surface area contributed by atoms with E-state index in [2.05, 4.69) is 71.0 Å². The Bertz CT molecular complexity index is 1470. The molecule has 2 aromatic carbocycles. The number of hydrogen-bond donors (Lipinski definition) is 0. The smallest absolute Gasteiger partial charge is 0.119 e. The fourth-order valence-electron chi connectivity index (χ4n) is 11.8. The van der Waals surface area contributed by atoms with Gasteiger partial charge in [0, 0.05) is 6.61 Å². The van der Waals surface area contributed by atoms with E-state index in [0.717, 1.165) is 72.0 Å². The zero-order chi connectivity index (χ0) is 36.6. The molecule has 0 unspecified atom stereocenters. The van der Waals surface area contributed by atoms with Crippen LogP contribution in [0.3, 0.4) is 0 Å². The van der Waals surface area contributed by atoms with Gasteiger partial charge in [0.05, 0.1) is 24.3 Å². The standard InChI is InChI=1S/C49H71NO2/c1-36(2)14-13-15-37(3)45-26-27-46-44-25-22-41-34-43(28-30-48(41,4)47(44)29-31-49(45,46)5)52-33-12-10-8-6-7-9-11-32-51-42-23-20-40(21-24-42)39-18-16-38(35-50)17-19-39/h16-24,36-37,43-47H,6-15,25-34H2,1-5H3/t37-,43+,44+,45-,46+,47+,48+,49-/m1/s1. The van der Waals surface area contributed by atoms with Gasteiger partial charge < -0.3 is 9.47 Å². The second-order valence-electron chi connectivity index (χ2n) is 18.6. The monoisotopic (exact) mass is 706 g/mol. The van der Waals surface area contributed by atoms with Crippen molar-refractivity contribution in [3.8, 4) is 22.9 Å². The van der Waals surface area contributed by atoms with Gasteiger partial charge in [0.15, 0.2) is 0 Å². The number of fused-ring (bicyclic) bond motifs is 5. The van der Waals surface area contributed by atoms with Crippen molar-refractivity contribution in [2.45, 2.75) is 156 Å². The number of benzene rings is 2. The van der Waals surface area contributed by atoms with Crippen LogP contribution in [0.15, 0.2) is 60.2 Å². The third-order valence-electron chi connectivity index (χ3n) is 14.9. The van der Waals surface area contributed by atoms with Crippen LogP contribution in [0.1, 0.15) is 156 Å². The molecule has 52 heavy (non-hydrogen) atoms. The Morgan fingerprint density at radius 1 is 0.731 bits per heavy atom. The van der Waals surface area contributed by atoms with Gasteiger partial charge in [0.1, 0.15) is 5.75 Å². The van der Waals surface area contributed by atoms with Gasteiger partial charge in [-0.15, -0.1) is 0 Å². The molecule has 3 heteroatoms. The molecule has 0 N–H and O–H groups in total. The maximum Gasteiger partial charge on any atom is 0.119 e. The lowest BCUT2D eigenvalue weighted by atomic mass is 9.47. The first kappa shape index (κ1) is 39.1. The molecule has 3 saturated carbocycles. The molecule has 0 bridgehead atoms. The summed E-state index contributed by atoms with van der Waals surface area (Å²) < 4.78 is 12.6. The van der Waals surface area contributed by atoms with Gasteiger partial charge in [-0.2, -0.15) is 5.26 Å². The summed E-state index contributed by atoms with van der Waals surface area (Å²) in [6.07, 6.45) is 27.3. The van der Waals surface area contributed by atoms with Crippen molar-refractivity contribution < 1.29 is 9.47 Å². The van der Waals surface area contributed by atoms with Gasteiger partial charge in [-0.3, -0.25) is 0 Å². The van der Waals surface area contributed by atoms with Crippen molar-refractivity contribution in [3.63, 3.8) is 0 Å². The summed E-state index contributed by atoms with van der Waals surface area (Å²) in [6, 6.07) is 18.2. The van der Waals surface area contributed by atoms with E-state index in [4.69, 9.17) is 14.7 Å². The minimum absolute atomic E-state index is 0.424. The summed E-state index contributed by atoms with van der Waals surface area (Å²) in [5, 5.41) is 9.01. The van der Waals surface area contributed by atoms with Gasteiger partial charge in [0.25, 0.3) is 0 Å². The molecule has 4 aliphatic rings. The zero-order valence-electron chi connectivity index (χ0n) is 33.6. The SMILES string of the molecule is CC(C)CCC[C@@H](C)[C@H]1CC[C@H]2[C@@H]3CC=C4C[C@@H](OCCCCCCCCCOc5ccc(-c6ccc(C#N)cc6)cc5)CC[C@]4(C)[C@H]3CC[C@]12C. The van der Waals surface area contributed by atoms with Gasteiger partial charge >= 0.3 is 0 Å². The van der Waals surface area contributed by atoms with E-state index in [1.165, 1.54) is 109 Å². The predicted octanol–water partition coefficient (Wildman–Crippen LogP) is 13.8. The van der Waals surface area contributed by atoms with Crippen LogP contribution in [0.4, 0.5) is 0 Å². The van der Waals surface area contributed by atoms with Crippen molar-refractivity contribution >= 4 is 0 Å². The molecule has 3 fully saturated rings. The second-order valence-corrected chi connectivity index (χ2v) is 18.6. The quantitative estimate of drug-likeness (QED) is 0.115. The Kier molecular flexibility index (Phi) is 13.7. The first-order valence-electron chi connectivity index (χ1n) is 21.8. The molecule has 2 aromatic rings. The lowest BCUT2D eigenvalue weighted by molar-refractivity contribution is -0.0641. The summed E-state index contributed by atoms with van der Waals surface area (Å²) in [4.78, 5) is 0. The van der Waals surface area contributed by atoms with Gasteiger partial charge in [-0.05, 0) is 146 Å². The van der Waals surface area contributed by atoms with E-state index in [1.807, 2.05) is 24.3 Å². The third kappa shape index (κ3) is 9.20. The van der Waals surface area contributed by atoms with Crippen molar-refractivity contribution in [1.29, 1.82) is 5.26 Å². The van der Waals surface area contributed by atoms with E-state index in [1.54, 1.807) is 5.57 Å². The Balaban J connectivity index is 0.831. The second kappa shape index (κ2) is 18.2.